The molecule has 1 unspecified atom stereocenters. The predicted octanol–water partition coefficient (Wildman–Crippen LogP) is 2.18. The highest BCUT2D eigenvalue weighted by Gasteiger charge is 2.45. The third-order valence-corrected chi connectivity index (χ3v) is 6.33. The van der Waals surface area contributed by atoms with E-state index in [0.717, 1.165) is 17.8 Å². The molecule has 0 bridgehead atoms. The minimum Gasteiger partial charge on any atom is -0.312 e. The zero-order valence-corrected chi connectivity index (χ0v) is 13.3. The smallest absolute Gasteiger partial charge is 0.241 e. The first-order valence-electron chi connectivity index (χ1n) is 6.63. The molecule has 2 rings (SSSR count). The van der Waals surface area contributed by atoms with Crippen molar-refractivity contribution in [2.75, 3.05) is 13.1 Å². The Hall–Kier alpha value is -0.430. The molecular weight excluding hydrogens is 280 g/mol. The van der Waals surface area contributed by atoms with Gasteiger partial charge in [-0.3, -0.25) is 0 Å². The van der Waals surface area contributed by atoms with Crippen LogP contribution in [0.1, 0.15) is 32.1 Å². The summed E-state index contributed by atoms with van der Waals surface area (Å²) in [6.45, 7) is 8.35. The molecule has 0 spiro atoms. The maximum absolute atomic E-state index is 12.3. The summed E-state index contributed by atoms with van der Waals surface area (Å²) in [6.07, 6.45) is 1.10. The van der Waals surface area contributed by atoms with Gasteiger partial charge >= 0.3 is 0 Å². The summed E-state index contributed by atoms with van der Waals surface area (Å²) in [7, 11) is -3.36. The van der Waals surface area contributed by atoms with Gasteiger partial charge < -0.3 is 5.32 Å². The number of sulfonamides is 1. The molecule has 2 N–H and O–H groups in total. The number of rotatable bonds is 7. The van der Waals surface area contributed by atoms with Gasteiger partial charge in [-0.25, -0.2) is 13.1 Å². The topological polar surface area (TPSA) is 58.2 Å². The number of nitrogens with one attached hydrogen (secondary N) is 2. The third-order valence-electron chi connectivity index (χ3n) is 3.77. The highest BCUT2D eigenvalue weighted by Crippen LogP contribution is 2.51. The van der Waals surface area contributed by atoms with E-state index in [1.807, 2.05) is 12.3 Å². The molecule has 19 heavy (non-hydrogen) atoms. The summed E-state index contributed by atoms with van der Waals surface area (Å²) in [5, 5.41) is 5.01. The van der Waals surface area contributed by atoms with Crippen LogP contribution in [0.3, 0.4) is 0 Å². The molecule has 0 aromatic carbocycles. The normalized spacial score (nSPS) is 21.5. The van der Waals surface area contributed by atoms with Crippen molar-refractivity contribution in [2.45, 2.75) is 38.6 Å². The highest BCUT2D eigenvalue weighted by atomic mass is 32.2. The zero-order valence-electron chi connectivity index (χ0n) is 11.7. The van der Waals surface area contributed by atoms with Crippen LogP contribution >= 0.6 is 11.3 Å². The molecule has 1 aliphatic rings. The van der Waals surface area contributed by atoms with Gasteiger partial charge in [0, 0.05) is 18.0 Å². The van der Waals surface area contributed by atoms with E-state index in [1.54, 1.807) is 6.07 Å². The van der Waals surface area contributed by atoms with Crippen LogP contribution < -0.4 is 10.0 Å². The molecule has 1 saturated carbocycles. The molecule has 0 saturated heterocycles. The molecule has 0 aliphatic heterocycles. The van der Waals surface area contributed by atoms with Gasteiger partial charge in [-0.05, 0) is 35.7 Å². The largest absolute Gasteiger partial charge is 0.312 e. The molecule has 4 nitrogen and oxygen atoms in total. The van der Waals surface area contributed by atoms with Crippen molar-refractivity contribution in [3.05, 3.63) is 16.3 Å². The van der Waals surface area contributed by atoms with Gasteiger partial charge in [0.15, 0.2) is 0 Å². The number of hydrogen-bond acceptors (Lipinski definition) is 4. The highest BCUT2D eigenvalue weighted by molar-refractivity contribution is 7.89. The van der Waals surface area contributed by atoms with E-state index < -0.39 is 10.0 Å². The molecule has 1 aromatic rings. The maximum Gasteiger partial charge on any atom is 0.241 e. The molecule has 1 atom stereocenters. The summed E-state index contributed by atoms with van der Waals surface area (Å²) < 4.78 is 27.3. The monoisotopic (exact) mass is 302 g/mol. The van der Waals surface area contributed by atoms with Gasteiger partial charge in [-0.15, -0.1) is 11.3 Å². The predicted molar refractivity (Wildman–Crippen MR) is 78.8 cm³/mol. The molecule has 1 aliphatic carbocycles. The average Bonchev–Trinajstić information content (AvgIpc) is 2.77. The Morgan fingerprint density at radius 2 is 2.16 bits per heavy atom. The second-order valence-electron chi connectivity index (χ2n) is 5.73. The van der Waals surface area contributed by atoms with Gasteiger partial charge in [0.25, 0.3) is 0 Å². The van der Waals surface area contributed by atoms with E-state index in [0.29, 0.717) is 29.3 Å². The molecule has 0 amide bonds. The minimum absolute atomic E-state index is 0.295. The van der Waals surface area contributed by atoms with Crippen molar-refractivity contribution < 1.29 is 8.42 Å². The summed E-state index contributed by atoms with van der Waals surface area (Å²) in [4.78, 5) is 1.31. The van der Waals surface area contributed by atoms with Crippen molar-refractivity contribution in [2.24, 2.45) is 11.3 Å². The first-order chi connectivity index (χ1) is 8.87. The lowest BCUT2D eigenvalue weighted by molar-refractivity contribution is 0.537. The van der Waals surface area contributed by atoms with E-state index in [9.17, 15) is 8.42 Å². The molecule has 108 valence electrons. The SMILES string of the molecule is CCNCc1sccc1S(=O)(=O)NCC1CC1(C)C. The van der Waals surface area contributed by atoms with E-state index in [1.165, 1.54) is 11.3 Å². The Kier molecular flexibility index (Phi) is 4.35. The lowest BCUT2D eigenvalue weighted by atomic mass is 10.1. The lowest BCUT2D eigenvalue weighted by Gasteiger charge is -2.09. The van der Waals surface area contributed by atoms with Crippen LogP contribution in [0.25, 0.3) is 0 Å². The summed E-state index contributed by atoms with van der Waals surface area (Å²) in [5.41, 5.74) is 0.295. The van der Waals surface area contributed by atoms with Crippen molar-refractivity contribution >= 4 is 21.4 Å². The maximum atomic E-state index is 12.3. The Bertz CT molecular complexity index is 535. The zero-order chi connectivity index (χ0) is 14.1. The van der Waals surface area contributed by atoms with Crippen LogP contribution in [0.5, 0.6) is 0 Å². The average molecular weight is 302 g/mol. The molecule has 6 heteroatoms. The quantitative estimate of drug-likeness (QED) is 0.811. The van der Waals surface area contributed by atoms with E-state index in [2.05, 4.69) is 23.9 Å². The van der Waals surface area contributed by atoms with Gasteiger partial charge in [-0.2, -0.15) is 0 Å². The molecule has 1 aromatic heterocycles. The standard InChI is InChI=1S/C13H22N2O2S2/c1-4-14-9-11-12(5-6-18-11)19(16,17)15-8-10-7-13(10,2)3/h5-6,10,14-15H,4,7-9H2,1-3H3. The molecule has 1 fully saturated rings. The third kappa shape index (κ3) is 3.56. The summed E-state index contributed by atoms with van der Waals surface area (Å²) in [5.74, 6) is 0.470. The van der Waals surface area contributed by atoms with E-state index >= 15 is 0 Å². The Morgan fingerprint density at radius 1 is 1.47 bits per heavy atom. The van der Waals surface area contributed by atoms with Gasteiger partial charge in [-0.1, -0.05) is 20.8 Å². The fraction of sp³-hybridized carbons (Fsp3) is 0.692. The van der Waals surface area contributed by atoms with Crippen LogP contribution in [0, 0.1) is 11.3 Å². The van der Waals surface area contributed by atoms with Crippen LogP contribution in [0.15, 0.2) is 16.3 Å². The first kappa shape index (κ1) is 15.0. The van der Waals surface area contributed by atoms with Crippen LogP contribution in [0.2, 0.25) is 0 Å². The van der Waals surface area contributed by atoms with Gasteiger partial charge in [0.2, 0.25) is 10.0 Å². The number of thiophene rings is 1. The number of hydrogen-bond donors (Lipinski definition) is 2. The summed E-state index contributed by atoms with van der Waals surface area (Å²) in [6, 6.07) is 1.69. The van der Waals surface area contributed by atoms with Gasteiger partial charge in [0.1, 0.15) is 0 Å². The molecular formula is C13H22N2O2S2. The van der Waals surface area contributed by atoms with Crippen molar-refractivity contribution in [1.82, 2.24) is 10.0 Å². The van der Waals surface area contributed by atoms with Crippen LogP contribution in [0.4, 0.5) is 0 Å². The van der Waals surface area contributed by atoms with Crippen LogP contribution in [-0.4, -0.2) is 21.5 Å². The van der Waals surface area contributed by atoms with Crippen molar-refractivity contribution in [1.29, 1.82) is 0 Å². The molecule has 0 radical (unpaired) electrons. The Morgan fingerprint density at radius 3 is 2.74 bits per heavy atom. The minimum atomic E-state index is -3.36. The summed E-state index contributed by atoms with van der Waals surface area (Å²) >= 11 is 1.48. The van der Waals surface area contributed by atoms with Crippen LogP contribution in [-0.2, 0) is 16.6 Å². The molecule has 1 heterocycles. The first-order valence-corrected chi connectivity index (χ1v) is 9.00. The van der Waals surface area contributed by atoms with Gasteiger partial charge in [0.05, 0.1) is 4.90 Å². The second kappa shape index (κ2) is 5.52. The Balaban J connectivity index is 2.01. The van der Waals surface area contributed by atoms with E-state index in [4.69, 9.17) is 0 Å². The van der Waals surface area contributed by atoms with Crippen molar-refractivity contribution in [3.8, 4) is 0 Å². The van der Waals surface area contributed by atoms with Crippen molar-refractivity contribution in [3.63, 3.8) is 0 Å². The fourth-order valence-electron chi connectivity index (χ4n) is 2.15. The van der Waals surface area contributed by atoms with E-state index in [-0.39, 0.29) is 0 Å². The fourth-order valence-corrected chi connectivity index (χ4v) is 4.64. The lowest BCUT2D eigenvalue weighted by Crippen LogP contribution is -2.27. The Labute approximate surface area is 119 Å². The second-order valence-corrected chi connectivity index (χ2v) is 8.47.